The van der Waals surface area contributed by atoms with Gasteiger partial charge < -0.3 is 10.6 Å². The molecule has 1 aromatic heterocycles. The molecule has 1 heterocycles. The van der Waals surface area contributed by atoms with Crippen molar-refractivity contribution >= 4 is 27.7 Å². The molecule has 4 nitrogen and oxygen atoms in total. The predicted molar refractivity (Wildman–Crippen MR) is 83.8 cm³/mol. The number of benzene rings is 1. The van der Waals surface area contributed by atoms with Crippen LogP contribution in [0.4, 0.5) is 10.2 Å². The summed E-state index contributed by atoms with van der Waals surface area (Å²) in [6.45, 7) is 1.74. The molecule has 0 fully saturated rings. The van der Waals surface area contributed by atoms with Crippen LogP contribution in [0.25, 0.3) is 0 Å². The largest absolute Gasteiger partial charge is 0.372 e. The minimum Gasteiger partial charge on any atom is -0.372 e. The molecule has 2 N–H and O–H groups in total. The lowest BCUT2D eigenvalue weighted by Gasteiger charge is -2.16. The lowest BCUT2D eigenvalue weighted by Crippen LogP contribution is -2.28. The number of carbonyl (C=O) groups excluding carboxylic acids is 1. The number of nitrogens with one attached hydrogen (secondary N) is 2. The van der Waals surface area contributed by atoms with E-state index >= 15 is 0 Å². The monoisotopic (exact) mass is 351 g/mol. The van der Waals surface area contributed by atoms with E-state index in [1.807, 2.05) is 0 Å². The average molecular weight is 352 g/mol. The molecule has 0 saturated heterocycles. The number of anilines is 1. The van der Waals surface area contributed by atoms with Gasteiger partial charge in [0.1, 0.15) is 11.6 Å². The molecule has 6 heteroatoms. The molecule has 0 spiro atoms. The van der Waals surface area contributed by atoms with Crippen molar-refractivity contribution in [3.63, 3.8) is 0 Å². The van der Waals surface area contributed by atoms with Gasteiger partial charge in [-0.25, -0.2) is 9.37 Å². The highest BCUT2D eigenvalue weighted by Crippen LogP contribution is 2.20. The molecule has 0 aliphatic heterocycles. The van der Waals surface area contributed by atoms with Gasteiger partial charge in [0.05, 0.1) is 11.6 Å². The number of aromatic nitrogens is 1. The summed E-state index contributed by atoms with van der Waals surface area (Å²) in [6, 6.07) is 7.60. The molecule has 2 aromatic rings. The van der Waals surface area contributed by atoms with E-state index in [-0.39, 0.29) is 11.7 Å². The normalized spacial score (nSPS) is 11.8. The lowest BCUT2D eigenvalue weighted by molar-refractivity contribution is 0.0940. The van der Waals surface area contributed by atoms with E-state index in [0.29, 0.717) is 21.4 Å². The van der Waals surface area contributed by atoms with E-state index < -0.39 is 6.04 Å². The second kappa shape index (κ2) is 6.67. The molecular weight excluding hydrogens is 337 g/mol. The Morgan fingerprint density at radius 2 is 2.10 bits per heavy atom. The fourth-order valence-corrected chi connectivity index (χ4v) is 2.32. The molecular formula is C15H15BrFN3O. The molecule has 0 saturated carbocycles. The zero-order valence-corrected chi connectivity index (χ0v) is 13.2. The van der Waals surface area contributed by atoms with Gasteiger partial charge in [-0.2, -0.15) is 0 Å². The van der Waals surface area contributed by atoms with Crippen LogP contribution >= 0.6 is 15.9 Å². The average Bonchev–Trinajstić information content (AvgIpc) is 2.47. The number of amides is 1. The third kappa shape index (κ3) is 3.58. The summed E-state index contributed by atoms with van der Waals surface area (Å²) in [5, 5.41) is 5.64. The number of hydrogen-bond acceptors (Lipinski definition) is 3. The summed E-state index contributed by atoms with van der Waals surface area (Å²) in [5.41, 5.74) is 0.842. The van der Waals surface area contributed by atoms with Crippen molar-refractivity contribution < 1.29 is 9.18 Å². The highest BCUT2D eigenvalue weighted by Gasteiger charge is 2.17. The van der Waals surface area contributed by atoms with Crippen LogP contribution in [0.2, 0.25) is 0 Å². The smallest absolute Gasteiger partial charge is 0.255 e. The fourth-order valence-electron chi connectivity index (χ4n) is 1.99. The van der Waals surface area contributed by atoms with Gasteiger partial charge in [0.2, 0.25) is 0 Å². The Labute approximate surface area is 130 Å². The van der Waals surface area contributed by atoms with Gasteiger partial charge >= 0.3 is 0 Å². The van der Waals surface area contributed by atoms with Crippen molar-refractivity contribution in [3.05, 3.63) is 57.9 Å². The Balaban J connectivity index is 2.22. The van der Waals surface area contributed by atoms with Crippen molar-refractivity contribution in [2.24, 2.45) is 0 Å². The summed E-state index contributed by atoms with van der Waals surface area (Å²) >= 11 is 3.29. The van der Waals surface area contributed by atoms with Crippen molar-refractivity contribution in [2.75, 3.05) is 12.4 Å². The highest BCUT2D eigenvalue weighted by atomic mass is 79.9. The molecule has 2 rings (SSSR count). The zero-order chi connectivity index (χ0) is 15.4. The maximum Gasteiger partial charge on any atom is 0.255 e. The summed E-state index contributed by atoms with van der Waals surface area (Å²) in [4.78, 5) is 16.5. The van der Waals surface area contributed by atoms with Crippen LogP contribution in [-0.4, -0.2) is 17.9 Å². The second-order valence-electron chi connectivity index (χ2n) is 4.52. The van der Waals surface area contributed by atoms with Crippen LogP contribution in [0.1, 0.15) is 28.9 Å². The lowest BCUT2D eigenvalue weighted by atomic mass is 10.1. The van der Waals surface area contributed by atoms with Crippen LogP contribution in [-0.2, 0) is 0 Å². The first-order chi connectivity index (χ1) is 10.0. The minimum atomic E-state index is -0.442. The molecule has 1 aromatic carbocycles. The molecule has 1 unspecified atom stereocenters. The van der Waals surface area contributed by atoms with Crippen LogP contribution in [0.15, 0.2) is 41.0 Å². The number of pyridine rings is 1. The minimum absolute atomic E-state index is 0.316. The molecule has 1 amide bonds. The molecule has 110 valence electrons. The van der Waals surface area contributed by atoms with E-state index in [9.17, 15) is 9.18 Å². The first-order valence-corrected chi connectivity index (χ1v) is 7.20. The van der Waals surface area contributed by atoms with Gasteiger partial charge in [-0.05, 0) is 35.0 Å². The Morgan fingerprint density at radius 3 is 2.76 bits per heavy atom. The number of rotatable bonds is 4. The van der Waals surface area contributed by atoms with Crippen LogP contribution < -0.4 is 10.6 Å². The SMILES string of the molecule is CNc1ncc(Br)cc1C(=O)NC(C)c1ccccc1F. The van der Waals surface area contributed by atoms with Gasteiger partial charge in [-0.3, -0.25) is 4.79 Å². The maximum atomic E-state index is 13.7. The van der Waals surface area contributed by atoms with E-state index in [0.717, 1.165) is 0 Å². The topological polar surface area (TPSA) is 54.0 Å². The Morgan fingerprint density at radius 1 is 1.38 bits per heavy atom. The summed E-state index contributed by atoms with van der Waals surface area (Å²) in [6.07, 6.45) is 1.60. The van der Waals surface area contributed by atoms with Crippen molar-refractivity contribution in [1.29, 1.82) is 0 Å². The van der Waals surface area contributed by atoms with E-state index in [2.05, 4.69) is 31.5 Å². The van der Waals surface area contributed by atoms with E-state index in [1.165, 1.54) is 6.07 Å². The number of hydrogen-bond donors (Lipinski definition) is 2. The van der Waals surface area contributed by atoms with Gasteiger partial charge in [-0.15, -0.1) is 0 Å². The highest BCUT2D eigenvalue weighted by molar-refractivity contribution is 9.10. The van der Waals surface area contributed by atoms with Gasteiger partial charge in [0.15, 0.2) is 0 Å². The van der Waals surface area contributed by atoms with Crippen LogP contribution in [0.5, 0.6) is 0 Å². The molecule has 0 bridgehead atoms. The summed E-state index contributed by atoms with van der Waals surface area (Å²) in [5.74, 6) is -0.188. The molecule has 0 radical (unpaired) electrons. The first kappa shape index (κ1) is 15.4. The molecule has 1 atom stereocenters. The standard InChI is InChI=1S/C15H15BrFN3O/c1-9(11-5-3-4-6-13(11)17)20-15(21)12-7-10(16)8-19-14(12)18-2/h3-9H,1-2H3,(H,18,19)(H,20,21). The number of nitrogens with zero attached hydrogens (tertiary/aromatic N) is 1. The van der Waals surface area contributed by atoms with Crippen molar-refractivity contribution in [2.45, 2.75) is 13.0 Å². The molecule has 21 heavy (non-hydrogen) atoms. The quantitative estimate of drug-likeness (QED) is 0.885. The summed E-state index contributed by atoms with van der Waals surface area (Å²) in [7, 11) is 1.69. The van der Waals surface area contributed by atoms with Gasteiger partial charge in [0.25, 0.3) is 5.91 Å². The van der Waals surface area contributed by atoms with Gasteiger partial charge in [0, 0.05) is 23.3 Å². The molecule has 0 aliphatic carbocycles. The predicted octanol–water partition coefficient (Wildman–Crippen LogP) is 3.52. The number of carbonyl (C=O) groups is 1. The Hall–Kier alpha value is -1.95. The van der Waals surface area contributed by atoms with Crippen LogP contribution in [0.3, 0.4) is 0 Å². The van der Waals surface area contributed by atoms with E-state index in [1.54, 1.807) is 44.4 Å². The van der Waals surface area contributed by atoms with Crippen molar-refractivity contribution in [1.82, 2.24) is 10.3 Å². The third-order valence-corrected chi connectivity index (χ3v) is 3.49. The molecule has 0 aliphatic rings. The third-order valence-electron chi connectivity index (χ3n) is 3.06. The summed E-state index contributed by atoms with van der Waals surface area (Å²) < 4.78 is 14.4. The van der Waals surface area contributed by atoms with Gasteiger partial charge in [-0.1, -0.05) is 18.2 Å². The fraction of sp³-hybridized carbons (Fsp3) is 0.200. The Bertz CT molecular complexity index is 663. The van der Waals surface area contributed by atoms with Crippen molar-refractivity contribution in [3.8, 4) is 0 Å². The van der Waals surface area contributed by atoms with E-state index in [4.69, 9.17) is 0 Å². The van der Waals surface area contributed by atoms with Crippen LogP contribution in [0, 0.1) is 5.82 Å². The second-order valence-corrected chi connectivity index (χ2v) is 5.43. The Kier molecular flexibility index (Phi) is 4.90. The first-order valence-electron chi connectivity index (χ1n) is 6.41. The zero-order valence-electron chi connectivity index (χ0n) is 11.7. The number of halogens is 2. The maximum absolute atomic E-state index is 13.7.